The van der Waals surface area contributed by atoms with Gasteiger partial charge >= 0.3 is 5.97 Å². The van der Waals surface area contributed by atoms with E-state index in [1.807, 2.05) is 0 Å². The third-order valence-corrected chi connectivity index (χ3v) is 4.85. The summed E-state index contributed by atoms with van der Waals surface area (Å²) in [4.78, 5) is 28.0. The molecule has 0 radical (unpaired) electrons. The Bertz CT molecular complexity index is 691. The first-order valence-corrected chi connectivity index (χ1v) is 8.58. The van der Waals surface area contributed by atoms with E-state index in [0.717, 1.165) is 23.4 Å². The fourth-order valence-corrected chi connectivity index (χ4v) is 3.51. The van der Waals surface area contributed by atoms with E-state index in [1.54, 1.807) is 24.0 Å². The number of aliphatic carboxylic acids is 1. The molecular weight excluding hydrogens is 332 g/mol. The minimum absolute atomic E-state index is 0.0473. The van der Waals surface area contributed by atoms with Crippen molar-refractivity contribution in [1.82, 2.24) is 10.3 Å². The normalized spacial score (nSPS) is 18.9. The molecule has 0 saturated carbocycles. The van der Waals surface area contributed by atoms with Crippen molar-refractivity contribution in [3.63, 3.8) is 0 Å². The molecule has 2 aromatic rings. The zero-order valence-electron chi connectivity index (χ0n) is 12.9. The van der Waals surface area contributed by atoms with Gasteiger partial charge in [0.1, 0.15) is 17.3 Å². The van der Waals surface area contributed by atoms with Gasteiger partial charge in [0.15, 0.2) is 0 Å². The van der Waals surface area contributed by atoms with Crippen molar-refractivity contribution in [1.29, 1.82) is 0 Å². The molecule has 0 spiro atoms. The summed E-state index contributed by atoms with van der Waals surface area (Å²) in [5, 5.41) is 14.5. The highest BCUT2D eigenvalue weighted by Gasteiger charge is 2.31. The number of nitrogens with one attached hydrogen (secondary N) is 1. The first kappa shape index (κ1) is 16.7. The van der Waals surface area contributed by atoms with Crippen LogP contribution in [-0.4, -0.2) is 41.2 Å². The predicted molar refractivity (Wildman–Crippen MR) is 86.6 cm³/mol. The molecule has 2 aromatic heterocycles. The first-order chi connectivity index (χ1) is 11.6. The van der Waals surface area contributed by atoms with Crippen molar-refractivity contribution >= 4 is 23.2 Å². The number of amides is 1. The van der Waals surface area contributed by atoms with Crippen LogP contribution < -0.4 is 5.32 Å². The van der Waals surface area contributed by atoms with Crippen LogP contribution in [0.25, 0.3) is 10.6 Å². The fourth-order valence-electron chi connectivity index (χ4n) is 2.71. The Morgan fingerprint density at radius 1 is 1.50 bits per heavy atom. The van der Waals surface area contributed by atoms with Gasteiger partial charge in [-0.3, -0.25) is 4.79 Å². The molecule has 1 aliphatic rings. The molecule has 2 atom stereocenters. The summed E-state index contributed by atoms with van der Waals surface area (Å²) in [5.41, 5.74) is 1.46. The molecule has 3 heterocycles. The molecule has 0 aliphatic carbocycles. The molecule has 2 unspecified atom stereocenters. The molecule has 1 fully saturated rings. The van der Waals surface area contributed by atoms with E-state index < -0.39 is 12.0 Å². The Kier molecular flexibility index (Phi) is 5.27. The van der Waals surface area contributed by atoms with E-state index in [1.165, 1.54) is 11.3 Å². The summed E-state index contributed by atoms with van der Waals surface area (Å²) >= 11 is 1.42. The van der Waals surface area contributed by atoms with Crippen LogP contribution in [0.3, 0.4) is 0 Å². The van der Waals surface area contributed by atoms with E-state index in [4.69, 9.17) is 9.15 Å². The lowest BCUT2D eigenvalue weighted by Crippen LogP contribution is -2.48. The molecule has 1 aliphatic heterocycles. The summed E-state index contributed by atoms with van der Waals surface area (Å²) in [5.74, 6) is -1.58. The lowest BCUT2D eigenvalue weighted by molar-refractivity contribution is -0.145. The maximum Gasteiger partial charge on any atom is 0.326 e. The highest BCUT2D eigenvalue weighted by atomic mass is 32.1. The van der Waals surface area contributed by atoms with Crippen molar-refractivity contribution in [2.24, 2.45) is 5.92 Å². The lowest BCUT2D eigenvalue weighted by Gasteiger charge is -2.28. The number of furan rings is 1. The van der Waals surface area contributed by atoms with Crippen LogP contribution in [0.15, 0.2) is 28.4 Å². The van der Waals surface area contributed by atoms with Crippen LogP contribution in [0.2, 0.25) is 0 Å². The predicted octanol–water partition coefficient (Wildman–Crippen LogP) is 1.94. The third kappa shape index (κ3) is 4.01. The monoisotopic (exact) mass is 350 g/mol. The van der Waals surface area contributed by atoms with E-state index in [2.05, 4.69) is 10.3 Å². The number of hydrogen-bond donors (Lipinski definition) is 2. The van der Waals surface area contributed by atoms with Gasteiger partial charge < -0.3 is 19.6 Å². The number of carboxylic acid groups (broad SMARTS) is 1. The average molecular weight is 350 g/mol. The quantitative estimate of drug-likeness (QED) is 0.825. The number of thiazole rings is 1. The van der Waals surface area contributed by atoms with Crippen LogP contribution in [-0.2, 0) is 20.7 Å². The number of ether oxygens (including phenoxy) is 1. The number of nitrogens with zero attached hydrogens (tertiary/aromatic N) is 1. The number of carbonyl (C=O) groups is 2. The fraction of sp³-hybridized carbons (Fsp3) is 0.438. The number of hydrogen-bond acceptors (Lipinski definition) is 6. The van der Waals surface area contributed by atoms with E-state index in [0.29, 0.717) is 18.9 Å². The standard InChI is InChI=1S/C16H18N2O5S/c19-13(18-14(16(20)21)10-2-1-4-22-7-10)6-12-9-24-15(17-12)11-3-5-23-8-11/h3,5,8-10,14H,1-2,4,6-7H2,(H,18,19)(H,20,21). The number of rotatable bonds is 6. The third-order valence-electron chi connectivity index (χ3n) is 3.91. The van der Waals surface area contributed by atoms with Gasteiger partial charge in [0.05, 0.1) is 25.0 Å². The van der Waals surface area contributed by atoms with Gasteiger partial charge in [0.2, 0.25) is 5.91 Å². The topological polar surface area (TPSA) is 102 Å². The Hall–Kier alpha value is -2.19. The second-order valence-electron chi connectivity index (χ2n) is 5.69. The Balaban J connectivity index is 1.60. The zero-order valence-corrected chi connectivity index (χ0v) is 13.8. The average Bonchev–Trinajstić information content (AvgIpc) is 3.24. The van der Waals surface area contributed by atoms with Crippen molar-refractivity contribution in [3.05, 3.63) is 29.7 Å². The maximum atomic E-state index is 12.2. The summed E-state index contributed by atoms with van der Waals surface area (Å²) in [7, 11) is 0. The SMILES string of the molecule is O=C(Cc1csc(-c2ccoc2)n1)NC(C(=O)O)C1CCCOC1. The Labute approximate surface area is 142 Å². The van der Waals surface area contributed by atoms with Crippen molar-refractivity contribution in [2.45, 2.75) is 25.3 Å². The van der Waals surface area contributed by atoms with E-state index in [9.17, 15) is 14.7 Å². The van der Waals surface area contributed by atoms with Crippen LogP contribution in [0, 0.1) is 5.92 Å². The molecule has 0 bridgehead atoms. The molecule has 1 saturated heterocycles. The smallest absolute Gasteiger partial charge is 0.326 e. The number of carbonyl (C=O) groups excluding carboxylic acids is 1. The molecule has 0 aromatic carbocycles. The van der Waals surface area contributed by atoms with Gasteiger partial charge in [0, 0.05) is 23.5 Å². The highest BCUT2D eigenvalue weighted by molar-refractivity contribution is 7.13. The summed E-state index contributed by atoms with van der Waals surface area (Å²) in [6.45, 7) is 1.00. The Morgan fingerprint density at radius 3 is 3.04 bits per heavy atom. The lowest BCUT2D eigenvalue weighted by atomic mass is 9.93. The minimum atomic E-state index is -1.03. The van der Waals surface area contributed by atoms with Crippen molar-refractivity contribution in [3.8, 4) is 10.6 Å². The van der Waals surface area contributed by atoms with Crippen molar-refractivity contribution in [2.75, 3.05) is 13.2 Å². The molecule has 1 amide bonds. The highest BCUT2D eigenvalue weighted by Crippen LogP contribution is 2.24. The van der Waals surface area contributed by atoms with Gasteiger partial charge in [0.25, 0.3) is 0 Å². The summed E-state index contributed by atoms with van der Waals surface area (Å²) in [6, 6.07) is 0.872. The van der Waals surface area contributed by atoms with Gasteiger partial charge in [-0.15, -0.1) is 11.3 Å². The van der Waals surface area contributed by atoms with E-state index >= 15 is 0 Å². The van der Waals surface area contributed by atoms with Gasteiger partial charge in [-0.05, 0) is 18.9 Å². The minimum Gasteiger partial charge on any atom is -0.480 e. The maximum absolute atomic E-state index is 12.2. The van der Waals surface area contributed by atoms with Crippen LogP contribution in [0.4, 0.5) is 0 Å². The molecule has 2 N–H and O–H groups in total. The number of aromatic nitrogens is 1. The summed E-state index contributed by atoms with van der Waals surface area (Å²) in [6.07, 6.45) is 4.74. The molecule has 8 heteroatoms. The van der Waals surface area contributed by atoms with Crippen LogP contribution in [0.1, 0.15) is 18.5 Å². The van der Waals surface area contributed by atoms with E-state index in [-0.39, 0.29) is 18.2 Å². The molecule has 7 nitrogen and oxygen atoms in total. The molecule has 3 rings (SSSR count). The van der Waals surface area contributed by atoms with Crippen LogP contribution in [0.5, 0.6) is 0 Å². The zero-order chi connectivity index (χ0) is 16.9. The Morgan fingerprint density at radius 2 is 2.38 bits per heavy atom. The second-order valence-corrected chi connectivity index (χ2v) is 6.55. The molecule has 24 heavy (non-hydrogen) atoms. The van der Waals surface area contributed by atoms with Crippen molar-refractivity contribution < 1.29 is 23.8 Å². The molecular formula is C16H18N2O5S. The largest absolute Gasteiger partial charge is 0.480 e. The molecule has 128 valence electrons. The first-order valence-electron chi connectivity index (χ1n) is 7.70. The number of carboxylic acids is 1. The van der Waals surface area contributed by atoms with Crippen LogP contribution >= 0.6 is 11.3 Å². The second kappa shape index (κ2) is 7.59. The van der Waals surface area contributed by atoms with Gasteiger partial charge in [-0.2, -0.15) is 0 Å². The van der Waals surface area contributed by atoms with Gasteiger partial charge in [-0.1, -0.05) is 0 Å². The van der Waals surface area contributed by atoms with Gasteiger partial charge in [-0.25, -0.2) is 9.78 Å². The summed E-state index contributed by atoms with van der Waals surface area (Å²) < 4.78 is 10.3.